The first-order valence-corrected chi connectivity index (χ1v) is 11.6. The number of urea groups is 1. The van der Waals surface area contributed by atoms with Crippen LogP contribution in [0.3, 0.4) is 0 Å². The molecule has 5 nitrogen and oxygen atoms in total. The Morgan fingerprint density at radius 1 is 0.875 bits per heavy atom. The van der Waals surface area contributed by atoms with Crippen LogP contribution in [0.4, 0.5) is 16.3 Å². The van der Waals surface area contributed by atoms with Crippen LogP contribution in [0.15, 0.2) is 72.8 Å². The quantitative estimate of drug-likeness (QED) is 0.481. The van der Waals surface area contributed by atoms with Crippen molar-refractivity contribution in [3.8, 4) is 0 Å². The topological polar surface area (TPSA) is 57.3 Å². The van der Waals surface area contributed by atoms with Gasteiger partial charge >= 0.3 is 6.03 Å². The van der Waals surface area contributed by atoms with Gasteiger partial charge in [-0.1, -0.05) is 79.9 Å². The molecular formula is C27H32N4O. The number of pyridine rings is 1. The number of hydrogen-bond donors (Lipinski definition) is 2. The van der Waals surface area contributed by atoms with E-state index >= 15 is 0 Å². The number of aryl methyl sites for hydroxylation is 1. The summed E-state index contributed by atoms with van der Waals surface area (Å²) >= 11 is 0. The summed E-state index contributed by atoms with van der Waals surface area (Å²) in [7, 11) is 0. The van der Waals surface area contributed by atoms with E-state index in [9.17, 15) is 4.79 Å². The smallest absolute Gasteiger partial charge is 0.319 e. The van der Waals surface area contributed by atoms with Crippen molar-refractivity contribution >= 4 is 17.5 Å². The molecule has 4 rings (SSSR count). The number of rotatable bonds is 7. The average Bonchev–Trinajstić information content (AvgIpc) is 2.82. The van der Waals surface area contributed by atoms with Gasteiger partial charge in [-0.15, -0.1) is 0 Å². The fraction of sp³-hybridized carbons (Fsp3) is 0.333. The molecule has 166 valence electrons. The van der Waals surface area contributed by atoms with Crippen molar-refractivity contribution in [1.29, 1.82) is 0 Å². The molecule has 0 radical (unpaired) electrons. The van der Waals surface area contributed by atoms with Gasteiger partial charge in [-0.25, -0.2) is 9.78 Å². The monoisotopic (exact) mass is 428 g/mol. The molecule has 1 aliphatic carbocycles. The Bertz CT molecular complexity index is 959. The molecule has 1 saturated carbocycles. The lowest BCUT2D eigenvalue weighted by Gasteiger charge is -2.25. The number of aromatic nitrogens is 1. The van der Waals surface area contributed by atoms with Crippen LogP contribution in [-0.2, 0) is 13.1 Å². The van der Waals surface area contributed by atoms with Crippen LogP contribution < -0.4 is 15.5 Å². The van der Waals surface area contributed by atoms with Crippen LogP contribution in [0.1, 0.15) is 48.9 Å². The van der Waals surface area contributed by atoms with Gasteiger partial charge in [-0.2, -0.15) is 0 Å². The molecule has 1 aromatic heterocycles. The Balaban J connectivity index is 1.48. The summed E-state index contributed by atoms with van der Waals surface area (Å²) in [5.41, 5.74) is 4.03. The predicted octanol–water partition coefficient (Wildman–Crippen LogP) is 6.05. The van der Waals surface area contributed by atoms with Crippen LogP contribution >= 0.6 is 0 Å². The molecule has 0 saturated heterocycles. The Labute approximate surface area is 190 Å². The summed E-state index contributed by atoms with van der Waals surface area (Å²) in [6.45, 7) is 3.47. The molecule has 1 fully saturated rings. The molecule has 0 bridgehead atoms. The van der Waals surface area contributed by atoms with Gasteiger partial charge in [-0.05, 0) is 43.0 Å². The van der Waals surface area contributed by atoms with E-state index in [2.05, 4.69) is 64.1 Å². The van der Waals surface area contributed by atoms with E-state index in [0.29, 0.717) is 0 Å². The highest BCUT2D eigenvalue weighted by molar-refractivity contribution is 5.90. The van der Waals surface area contributed by atoms with Crippen LogP contribution in [0.25, 0.3) is 0 Å². The van der Waals surface area contributed by atoms with Gasteiger partial charge in [-0.3, -0.25) is 0 Å². The number of nitrogens with one attached hydrogen (secondary N) is 2. The molecule has 2 aromatic carbocycles. The molecular weight excluding hydrogens is 396 g/mol. The van der Waals surface area contributed by atoms with Gasteiger partial charge < -0.3 is 15.5 Å². The Morgan fingerprint density at radius 2 is 1.47 bits per heavy atom. The van der Waals surface area contributed by atoms with Crippen molar-refractivity contribution in [1.82, 2.24) is 10.3 Å². The van der Waals surface area contributed by atoms with E-state index in [-0.39, 0.29) is 12.1 Å². The summed E-state index contributed by atoms with van der Waals surface area (Å²) in [5.74, 6) is 0.897. The molecule has 0 unspecified atom stereocenters. The minimum atomic E-state index is -0.139. The predicted molar refractivity (Wildman–Crippen MR) is 131 cm³/mol. The highest BCUT2D eigenvalue weighted by Crippen LogP contribution is 2.23. The third-order valence-electron chi connectivity index (χ3n) is 6.02. The number of nitrogens with zero attached hydrogens (tertiary/aromatic N) is 2. The maximum absolute atomic E-state index is 12.5. The highest BCUT2D eigenvalue weighted by atomic mass is 16.2. The lowest BCUT2D eigenvalue weighted by atomic mass is 9.96. The van der Waals surface area contributed by atoms with Gasteiger partial charge in [0.05, 0.1) is 11.4 Å². The Morgan fingerprint density at radius 3 is 2.03 bits per heavy atom. The number of amides is 2. The SMILES string of the molecule is Cc1nc(N(Cc2ccccc2)Cc2ccccc2)ccc1NC(=O)NC1CCCCC1. The highest BCUT2D eigenvalue weighted by Gasteiger charge is 2.17. The maximum Gasteiger partial charge on any atom is 0.319 e. The van der Waals surface area contributed by atoms with E-state index < -0.39 is 0 Å². The number of benzene rings is 2. The number of anilines is 2. The molecule has 1 aliphatic rings. The van der Waals surface area contributed by atoms with Gasteiger partial charge in [0.2, 0.25) is 0 Å². The van der Waals surface area contributed by atoms with Crippen LogP contribution in [-0.4, -0.2) is 17.1 Å². The molecule has 0 spiro atoms. The van der Waals surface area contributed by atoms with Crippen LogP contribution in [0, 0.1) is 6.92 Å². The molecule has 0 aliphatic heterocycles. The third kappa shape index (κ3) is 6.10. The van der Waals surface area contributed by atoms with E-state index in [1.54, 1.807) is 0 Å². The van der Waals surface area contributed by atoms with Crippen LogP contribution in [0.2, 0.25) is 0 Å². The number of carbonyl (C=O) groups is 1. The second-order valence-corrected chi connectivity index (χ2v) is 8.56. The van der Waals surface area contributed by atoms with Crippen molar-refractivity contribution < 1.29 is 4.79 Å². The first-order valence-electron chi connectivity index (χ1n) is 11.6. The molecule has 5 heteroatoms. The number of carbonyl (C=O) groups excluding carboxylic acids is 1. The maximum atomic E-state index is 12.5. The molecule has 0 atom stereocenters. The minimum absolute atomic E-state index is 0.139. The van der Waals surface area contributed by atoms with Gasteiger partial charge in [0.15, 0.2) is 0 Å². The molecule has 32 heavy (non-hydrogen) atoms. The van der Waals surface area contributed by atoms with Crippen molar-refractivity contribution in [3.05, 3.63) is 89.6 Å². The lowest BCUT2D eigenvalue weighted by molar-refractivity contribution is 0.244. The molecule has 2 N–H and O–H groups in total. The Kier molecular flexibility index (Phi) is 7.38. The zero-order chi connectivity index (χ0) is 22.2. The van der Waals surface area contributed by atoms with E-state index in [0.717, 1.165) is 43.1 Å². The van der Waals surface area contributed by atoms with Gasteiger partial charge in [0.1, 0.15) is 5.82 Å². The normalized spacial score (nSPS) is 14.0. The fourth-order valence-electron chi connectivity index (χ4n) is 4.27. The van der Waals surface area contributed by atoms with Gasteiger partial charge in [0, 0.05) is 19.1 Å². The largest absolute Gasteiger partial charge is 0.348 e. The zero-order valence-electron chi connectivity index (χ0n) is 18.8. The lowest BCUT2D eigenvalue weighted by Crippen LogP contribution is -2.39. The minimum Gasteiger partial charge on any atom is -0.348 e. The van der Waals surface area contributed by atoms with Crippen molar-refractivity contribution in [2.75, 3.05) is 10.2 Å². The van der Waals surface area contributed by atoms with Crippen molar-refractivity contribution in [2.45, 2.75) is 58.2 Å². The fourth-order valence-corrected chi connectivity index (χ4v) is 4.27. The average molecular weight is 429 g/mol. The molecule has 2 amide bonds. The summed E-state index contributed by atoms with van der Waals surface area (Å²) in [6.07, 6.45) is 5.79. The standard InChI is InChI=1S/C27H32N4O/c1-21-25(30-27(32)29-24-15-9-4-10-16-24)17-18-26(28-21)31(19-22-11-5-2-6-12-22)20-23-13-7-3-8-14-23/h2-3,5-8,11-14,17-18,24H,4,9-10,15-16,19-20H2,1H3,(H2,29,30,32). The third-order valence-corrected chi connectivity index (χ3v) is 6.02. The van der Waals surface area contributed by atoms with E-state index in [1.165, 1.54) is 30.4 Å². The zero-order valence-corrected chi connectivity index (χ0v) is 18.8. The van der Waals surface area contributed by atoms with Crippen molar-refractivity contribution in [2.24, 2.45) is 0 Å². The van der Waals surface area contributed by atoms with Crippen LogP contribution in [0.5, 0.6) is 0 Å². The number of hydrogen-bond acceptors (Lipinski definition) is 3. The summed E-state index contributed by atoms with van der Waals surface area (Å²) in [5, 5.41) is 6.10. The molecule has 1 heterocycles. The molecule has 3 aromatic rings. The summed E-state index contributed by atoms with van der Waals surface area (Å²) in [4.78, 5) is 19.6. The first kappa shape index (κ1) is 21.9. The van der Waals surface area contributed by atoms with Gasteiger partial charge in [0.25, 0.3) is 0 Å². The van der Waals surface area contributed by atoms with Crippen molar-refractivity contribution in [3.63, 3.8) is 0 Å². The second kappa shape index (κ2) is 10.8. The second-order valence-electron chi connectivity index (χ2n) is 8.56. The first-order chi connectivity index (χ1) is 15.7. The Hall–Kier alpha value is -3.34. The summed E-state index contributed by atoms with van der Waals surface area (Å²) < 4.78 is 0. The van der Waals surface area contributed by atoms with E-state index in [1.807, 2.05) is 31.2 Å². The summed E-state index contributed by atoms with van der Waals surface area (Å²) in [6, 6.07) is 25.0. The van der Waals surface area contributed by atoms with E-state index in [4.69, 9.17) is 4.98 Å².